The number of nitrogens with one attached hydrogen (secondary N) is 3. The van der Waals surface area contributed by atoms with Crippen LogP contribution in [0.4, 0.5) is 18.9 Å². The molecular weight excluding hydrogens is 379 g/mol. The summed E-state index contributed by atoms with van der Waals surface area (Å²) < 4.78 is 41.2. The van der Waals surface area contributed by atoms with Crippen molar-refractivity contribution in [1.82, 2.24) is 10.3 Å². The van der Waals surface area contributed by atoms with Crippen LogP contribution >= 0.6 is 11.6 Å². The first kappa shape index (κ1) is 16.6. The van der Waals surface area contributed by atoms with Crippen LogP contribution in [0.1, 0.15) is 16.8 Å². The summed E-state index contributed by atoms with van der Waals surface area (Å²) >= 11 is 6.11. The number of carbonyl (C=O) groups is 1. The molecule has 8 heteroatoms. The van der Waals surface area contributed by atoms with Crippen molar-refractivity contribution >= 4 is 34.1 Å². The number of benzene rings is 2. The first-order valence-electron chi connectivity index (χ1n) is 8.36. The molecule has 2 aliphatic rings. The molecule has 3 heterocycles. The van der Waals surface area contributed by atoms with Gasteiger partial charge in [-0.15, -0.1) is 0 Å². The van der Waals surface area contributed by atoms with E-state index in [0.717, 1.165) is 0 Å². The van der Waals surface area contributed by atoms with E-state index in [4.69, 9.17) is 11.6 Å². The lowest BCUT2D eigenvalue weighted by Gasteiger charge is -2.39. The van der Waals surface area contributed by atoms with E-state index >= 15 is 0 Å². The molecule has 1 aromatic heterocycles. The summed E-state index contributed by atoms with van der Waals surface area (Å²) in [4.78, 5) is 16.2. The maximum absolute atomic E-state index is 13.7. The molecule has 2 aromatic carbocycles. The van der Waals surface area contributed by atoms with Gasteiger partial charge in [-0.25, -0.2) is 0 Å². The highest BCUT2D eigenvalue weighted by molar-refractivity contribution is 6.31. The molecule has 27 heavy (non-hydrogen) atoms. The number of halogens is 4. The molecule has 0 fully saturated rings. The molecule has 0 aliphatic carbocycles. The van der Waals surface area contributed by atoms with Crippen molar-refractivity contribution in [2.24, 2.45) is 0 Å². The third-order valence-corrected chi connectivity index (χ3v) is 5.59. The van der Waals surface area contributed by atoms with Crippen LogP contribution in [0.25, 0.3) is 10.9 Å². The smallest absolute Gasteiger partial charge is 0.356 e. The average molecular weight is 392 g/mol. The Kier molecular flexibility index (Phi) is 3.25. The number of carbonyl (C=O) groups excluding carboxylic acids is 1. The summed E-state index contributed by atoms with van der Waals surface area (Å²) in [5, 5.41) is 6.32. The Morgan fingerprint density at radius 3 is 2.70 bits per heavy atom. The van der Waals surface area contributed by atoms with Gasteiger partial charge in [0.1, 0.15) is 6.04 Å². The number of H-pyrrole nitrogens is 1. The van der Waals surface area contributed by atoms with E-state index in [1.807, 2.05) is 0 Å². The van der Waals surface area contributed by atoms with Crippen molar-refractivity contribution in [2.45, 2.75) is 24.2 Å². The number of aromatic amines is 1. The highest BCUT2D eigenvalue weighted by Crippen LogP contribution is 2.48. The Labute approximate surface area is 156 Å². The third-order valence-electron chi connectivity index (χ3n) is 5.36. The van der Waals surface area contributed by atoms with Crippen LogP contribution in [0.2, 0.25) is 5.02 Å². The Hall–Kier alpha value is -2.51. The SMILES string of the molecule is O=C1Nc2ccc(Cl)cc2[C@]12N[C@H](C(F)(F)F)Cc1c2[nH]c2ccccc12. The number of para-hydroxylation sites is 1. The minimum absolute atomic E-state index is 0.256. The van der Waals surface area contributed by atoms with Gasteiger partial charge < -0.3 is 10.3 Å². The van der Waals surface area contributed by atoms with Gasteiger partial charge >= 0.3 is 6.18 Å². The average Bonchev–Trinajstić information content (AvgIpc) is 3.12. The summed E-state index contributed by atoms with van der Waals surface area (Å²) in [6.45, 7) is 0. The zero-order valence-electron chi connectivity index (χ0n) is 13.7. The lowest BCUT2D eigenvalue weighted by Crippen LogP contribution is -2.61. The molecule has 3 N–H and O–H groups in total. The largest absolute Gasteiger partial charge is 0.404 e. The molecule has 1 spiro atoms. The molecular formula is C19H13ClF3N3O. The molecule has 0 unspecified atom stereocenters. The van der Waals surface area contributed by atoms with Gasteiger partial charge in [0.15, 0.2) is 5.54 Å². The Morgan fingerprint density at radius 2 is 1.93 bits per heavy atom. The minimum atomic E-state index is -4.51. The molecule has 0 bridgehead atoms. The molecule has 138 valence electrons. The predicted molar refractivity (Wildman–Crippen MR) is 95.8 cm³/mol. The number of anilines is 1. The molecule has 5 rings (SSSR count). The molecule has 3 aromatic rings. The lowest BCUT2D eigenvalue weighted by atomic mass is 9.79. The highest BCUT2D eigenvalue weighted by atomic mass is 35.5. The fourth-order valence-electron chi connectivity index (χ4n) is 4.18. The number of amides is 1. The number of hydrogen-bond donors (Lipinski definition) is 3. The first-order chi connectivity index (χ1) is 12.8. The Balaban J connectivity index is 1.86. The predicted octanol–water partition coefficient (Wildman–Crippen LogP) is 4.09. The summed E-state index contributed by atoms with van der Waals surface area (Å²) in [5.41, 5.74) is 0.783. The van der Waals surface area contributed by atoms with Gasteiger partial charge in [0.25, 0.3) is 5.91 Å². The van der Waals surface area contributed by atoms with Gasteiger partial charge in [-0.05, 0) is 36.2 Å². The lowest BCUT2D eigenvalue weighted by molar-refractivity contribution is -0.162. The Bertz CT molecular complexity index is 1110. The van der Waals surface area contributed by atoms with Gasteiger partial charge in [0.05, 0.1) is 5.69 Å². The highest BCUT2D eigenvalue weighted by Gasteiger charge is 2.58. The molecule has 1 amide bonds. The van der Waals surface area contributed by atoms with Crippen LogP contribution in [0.3, 0.4) is 0 Å². The van der Waals surface area contributed by atoms with E-state index < -0.39 is 23.7 Å². The van der Waals surface area contributed by atoms with Gasteiger partial charge in [-0.2, -0.15) is 13.2 Å². The zero-order chi connectivity index (χ0) is 19.0. The van der Waals surface area contributed by atoms with Crippen LogP contribution < -0.4 is 10.6 Å². The number of fused-ring (bicyclic) bond motifs is 6. The fraction of sp³-hybridized carbons (Fsp3) is 0.211. The van der Waals surface area contributed by atoms with Gasteiger partial charge in [-0.3, -0.25) is 10.1 Å². The van der Waals surface area contributed by atoms with E-state index in [1.165, 1.54) is 6.07 Å². The van der Waals surface area contributed by atoms with E-state index in [9.17, 15) is 18.0 Å². The van der Waals surface area contributed by atoms with Crippen LogP contribution in [0, 0.1) is 0 Å². The molecule has 4 nitrogen and oxygen atoms in total. The zero-order valence-corrected chi connectivity index (χ0v) is 14.5. The number of hydrogen-bond acceptors (Lipinski definition) is 2. The normalized spacial score (nSPS) is 24.1. The second-order valence-electron chi connectivity index (χ2n) is 6.86. The maximum Gasteiger partial charge on any atom is 0.404 e. The van der Waals surface area contributed by atoms with E-state index in [2.05, 4.69) is 15.6 Å². The van der Waals surface area contributed by atoms with Crippen molar-refractivity contribution < 1.29 is 18.0 Å². The van der Waals surface area contributed by atoms with Gasteiger partial charge in [0.2, 0.25) is 0 Å². The van der Waals surface area contributed by atoms with Gasteiger partial charge in [-0.1, -0.05) is 29.8 Å². The Morgan fingerprint density at radius 1 is 1.15 bits per heavy atom. The molecule has 2 atom stereocenters. The quantitative estimate of drug-likeness (QED) is 0.540. The topological polar surface area (TPSA) is 56.9 Å². The molecule has 0 saturated carbocycles. The third kappa shape index (κ3) is 2.18. The molecule has 0 radical (unpaired) electrons. The fourth-order valence-corrected chi connectivity index (χ4v) is 4.36. The van der Waals surface area contributed by atoms with Gasteiger partial charge in [0, 0.05) is 27.2 Å². The molecule has 2 aliphatic heterocycles. The summed E-state index contributed by atoms with van der Waals surface area (Å²) in [6.07, 6.45) is -4.77. The summed E-state index contributed by atoms with van der Waals surface area (Å²) in [7, 11) is 0. The number of alkyl halides is 3. The van der Waals surface area contributed by atoms with Crippen LogP contribution in [0.15, 0.2) is 42.5 Å². The summed E-state index contributed by atoms with van der Waals surface area (Å²) in [5.74, 6) is -0.554. The maximum atomic E-state index is 13.7. The van der Waals surface area contributed by atoms with Crippen molar-refractivity contribution in [3.05, 3.63) is 64.3 Å². The number of rotatable bonds is 0. The molecule has 0 saturated heterocycles. The van der Waals surface area contributed by atoms with Crippen LogP contribution in [0.5, 0.6) is 0 Å². The van der Waals surface area contributed by atoms with E-state index in [-0.39, 0.29) is 6.42 Å². The first-order valence-corrected chi connectivity index (χ1v) is 8.74. The van der Waals surface area contributed by atoms with E-state index in [1.54, 1.807) is 36.4 Å². The number of aromatic nitrogens is 1. The standard InChI is InChI=1S/C19H13ClF3N3O/c20-9-5-6-14-12(7-9)18(17(27)25-14)16-11(8-15(26-18)19(21,22)23)10-3-1-2-4-13(10)24-16/h1-7,15,24,26H,8H2,(H,25,27)/t15-,18+/m0/s1. The van der Waals surface area contributed by atoms with Crippen LogP contribution in [-0.2, 0) is 16.8 Å². The minimum Gasteiger partial charge on any atom is -0.356 e. The van der Waals surface area contributed by atoms with Crippen molar-refractivity contribution in [3.63, 3.8) is 0 Å². The van der Waals surface area contributed by atoms with Crippen molar-refractivity contribution in [1.29, 1.82) is 0 Å². The van der Waals surface area contributed by atoms with Crippen LogP contribution in [-0.4, -0.2) is 23.1 Å². The monoisotopic (exact) mass is 391 g/mol. The van der Waals surface area contributed by atoms with E-state index in [0.29, 0.717) is 38.4 Å². The second kappa shape index (κ2) is 5.27. The van der Waals surface area contributed by atoms with Crippen molar-refractivity contribution in [3.8, 4) is 0 Å². The summed E-state index contributed by atoms with van der Waals surface area (Å²) in [6, 6.07) is 9.99. The van der Waals surface area contributed by atoms with Crippen molar-refractivity contribution in [2.75, 3.05) is 5.32 Å². The second-order valence-corrected chi connectivity index (χ2v) is 7.30.